The van der Waals surface area contributed by atoms with Crippen molar-refractivity contribution in [3.05, 3.63) is 71.8 Å². The van der Waals surface area contributed by atoms with Crippen LogP contribution in [-0.4, -0.2) is 25.1 Å². The fourth-order valence-corrected chi connectivity index (χ4v) is 2.33. The molecule has 2 atom stereocenters. The Kier molecular flexibility index (Phi) is 3.69. The smallest absolute Gasteiger partial charge is 0.349 e. The van der Waals surface area contributed by atoms with Crippen LogP contribution in [-0.2, 0) is 14.3 Å². The summed E-state index contributed by atoms with van der Waals surface area (Å²) in [6.45, 7) is 0. The lowest BCUT2D eigenvalue weighted by Crippen LogP contribution is -2.28. The molecule has 2 aromatic carbocycles. The van der Waals surface area contributed by atoms with Gasteiger partial charge < -0.3 is 9.47 Å². The van der Waals surface area contributed by atoms with E-state index in [2.05, 4.69) is 4.99 Å². The quantitative estimate of drug-likeness (QED) is 0.813. The van der Waals surface area contributed by atoms with Crippen LogP contribution in [0.1, 0.15) is 17.2 Å². The van der Waals surface area contributed by atoms with Crippen LogP contribution >= 0.6 is 0 Å². The fourth-order valence-electron chi connectivity index (χ4n) is 2.33. The van der Waals surface area contributed by atoms with Crippen molar-refractivity contribution in [3.63, 3.8) is 0 Å². The zero-order chi connectivity index (χ0) is 14.7. The van der Waals surface area contributed by atoms with E-state index in [9.17, 15) is 4.79 Å². The molecule has 0 aliphatic carbocycles. The van der Waals surface area contributed by atoms with Crippen molar-refractivity contribution in [2.75, 3.05) is 7.11 Å². The highest BCUT2D eigenvalue weighted by Crippen LogP contribution is 2.31. The molecule has 0 aromatic heterocycles. The van der Waals surface area contributed by atoms with Gasteiger partial charge in [0.2, 0.25) is 12.0 Å². The Labute approximate surface area is 123 Å². The van der Waals surface area contributed by atoms with Crippen molar-refractivity contribution >= 4 is 11.9 Å². The molecule has 21 heavy (non-hydrogen) atoms. The van der Waals surface area contributed by atoms with Gasteiger partial charge in [0.25, 0.3) is 0 Å². The summed E-state index contributed by atoms with van der Waals surface area (Å²) in [5.41, 5.74) is 1.78. The minimum absolute atomic E-state index is 0.381. The Bertz CT molecular complexity index is 652. The predicted octanol–water partition coefficient (Wildman–Crippen LogP) is 2.75. The second-order valence-electron chi connectivity index (χ2n) is 4.72. The molecule has 0 spiro atoms. The predicted molar refractivity (Wildman–Crippen MR) is 79.1 cm³/mol. The van der Waals surface area contributed by atoms with Gasteiger partial charge in [-0.05, 0) is 17.7 Å². The largest absolute Gasteiger partial charge is 0.466 e. The molecule has 0 bridgehead atoms. The fraction of sp³-hybridized carbons (Fsp3) is 0.176. The minimum Gasteiger partial charge on any atom is -0.466 e. The maximum Gasteiger partial charge on any atom is 0.349 e. The molecule has 0 N–H and O–H groups in total. The number of methoxy groups -OCH3 is 1. The summed E-state index contributed by atoms with van der Waals surface area (Å²) < 4.78 is 10.6. The second kappa shape index (κ2) is 5.79. The first-order valence-electron chi connectivity index (χ1n) is 6.72. The molecule has 106 valence electrons. The van der Waals surface area contributed by atoms with E-state index in [-0.39, 0.29) is 6.04 Å². The maximum atomic E-state index is 12.0. The number of hydrogen-bond acceptors (Lipinski definition) is 4. The van der Waals surface area contributed by atoms with Crippen molar-refractivity contribution in [2.24, 2.45) is 4.99 Å². The van der Waals surface area contributed by atoms with E-state index in [0.29, 0.717) is 5.90 Å². The molecule has 0 amide bonds. The molecule has 0 saturated carbocycles. The number of benzene rings is 2. The SMILES string of the molecule is COC(=O)C1OC(c2ccccc2)=NC1c1ccccc1. The summed E-state index contributed by atoms with van der Waals surface area (Å²) in [5.74, 6) is 0.0541. The van der Waals surface area contributed by atoms with Crippen molar-refractivity contribution in [1.29, 1.82) is 0 Å². The first-order chi connectivity index (χ1) is 10.3. The van der Waals surface area contributed by atoms with E-state index >= 15 is 0 Å². The highest BCUT2D eigenvalue weighted by molar-refractivity contribution is 5.98. The summed E-state index contributed by atoms with van der Waals surface area (Å²) in [4.78, 5) is 16.5. The molecule has 0 saturated heterocycles. The van der Waals surface area contributed by atoms with Gasteiger partial charge >= 0.3 is 5.97 Å². The lowest BCUT2D eigenvalue weighted by molar-refractivity contribution is -0.149. The third-order valence-corrected chi connectivity index (χ3v) is 3.38. The normalized spacial score (nSPS) is 20.5. The van der Waals surface area contributed by atoms with E-state index < -0.39 is 12.1 Å². The lowest BCUT2D eigenvalue weighted by Gasteiger charge is -2.15. The average Bonchev–Trinajstić information content (AvgIpc) is 3.01. The van der Waals surface area contributed by atoms with Crippen LogP contribution in [0.4, 0.5) is 0 Å². The molecule has 4 nitrogen and oxygen atoms in total. The maximum absolute atomic E-state index is 12.0. The van der Waals surface area contributed by atoms with Gasteiger partial charge in [-0.25, -0.2) is 9.79 Å². The van der Waals surface area contributed by atoms with Crippen molar-refractivity contribution in [1.82, 2.24) is 0 Å². The Hall–Kier alpha value is -2.62. The van der Waals surface area contributed by atoms with Crippen molar-refractivity contribution in [3.8, 4) is 0 Å². The zero-order valence-electron chi connectivity index (χ0n) is 11.6. The van der Waals surface area contributed by atoms with Crippen LogP contribution in [0, 0.1) is 0 Å². The van der Waals surface area contributed by atoms with Gasteiger partial charge in [-0.1, -0.05) is 48.5 Å². The third kappa shape index (κ3) is 2.65. The Morgan fingerprint density at radius 1 is 1.05 bits per heavy atom. The monoisotopic (exact) mass is 281 g/mol. The Morgan fingerprint density at radius 2 is 1.67 bits per heavy atom. The second-order valence-corrected chi connectivity index (χ2v) is 4.72. The molecule has 3 rings (SSSR count). The van der Waals surface area contributed by atoms with E-state index in [4.69, 9.17) is 9.47 Å². The van der Waals surface area contributed by atoms with E-state index in [1.54, 1.807) is 0 Å². The van der Waals surface area contributed by atoms with E-state index in [1.807, 2.05) is 60.7 Å². The van der Waals surface area contributed by atoms with Crippen LogP contribution < -0.4 is 0 Å². The number of carbonyl (C=O) groups excluding carboxylic acids is 1. The van der Waals surface area contributed by atoms with Crippen molar-refractivity contribution in [2.45, 2.75) is 12.1 Å². The highest BCUT2D eigenvalue weighted by Gasteiger charge is 2.38. The average molecular weight is 281 g/mol. The van der Waals surface area contributed by atoms with Crippen molar-refractivity contribution < 1.29 is 14.3 Å². The molecule has 0 fully saturated rings. The zero-order valence-corrected chi connectivity index (χ0v) is 11.6. The molecule has 2 unspecified atom stereocenters. The first-order valence-corrected chi connectivity index (χ1v) is 6.72. The molecule has 0 radical (unpaired) electrons. The molecule has 4 heteroatoms. The van der Waals surface area contributed by atoms with Crippen LogP contribution in [0.3, 0.4) is 0 Å². The number of carbonyl (C=O) groups is 1. The number of nitrogens with zero attached hydrogens (tertiary/aromatic N) is 1. The third-order valence-electron chi connectivity index (χ3n) is 3.38. The number of ether oxygens (including phenoxy) is 2. The molecule has 2 aromatic rings. The summed E-state index contributed by atoms with van der Waals surface area (Å²) in [7, 11) is 1.36. The van der Waals surface area contributed by atoms with Gasteiger partial charge in [0.1, 0.15) is 6.04 Å². The molecule has 1 aliphatic rings. The standard InChI is InChI=1S/C17H15NO3/c1-20-17(19)15-14(12-8-4-2-5-9-12)18-16(21-15)13-10-6-3-7-11-13/h2-11,14-15H,1H3. The van der Waals surface area contributed by atoms with Crippen LogP contribution in [0.5, 0.6) is 0 Å². The molecular weight excluding hydrogens is 266 g/mol. The van der Waals surface area contributed by atoms with Crippen LogP contribution in [0.2, 0.25) is 0 Å². The van der Waals surface area contributed by atoms with Gasteiger partial charge in [-0.2, -0.15) is 0 Å². The van der Waals surface area contributed by atoms with Gasteiger partial charge in [0.05, 0.1) is 7.11 Å². The number of aliphatic imine (C=N–C) groups is 1. The highest BCUT2D eigenvalue weighted by atomic mass is 16.6. The van der Waals surface area contributed by atoms with Gasteiger partial charge in [-0.15, -0.1) is 0 Å². The van der Waals surface area contributed by atoms with Gasteiger partial charge in [-0.3, -0.25) is 0 Å². The Morgan fingerprint density at radius 3 is 2.29 bits per heavy atom. The number of rotatable bonds is 3. The molecule has 1 aliphatic heterocycles. The van der Waals surface area contributed by atoms with Crippen LogP contribution in [0.15, 0.2) is 65.7 Å². The number of hydrogen-bond donors (Lipinski definition) is 0. The summed E-state index contributed by atoms with van der Waals surface area (Å²) >= 11 is 0. The number of esters is 1. The van der Waals surface area contributed by atoms with Crippen LogP contribution in [0.25, 0.3) is 0 Å². The Balaban J connectivity index is 1.97. The molecular formula is C17H15NO3. The summed E-state index contributed by atoms with van der Waals surface area (Å²) in [6.07, 6.45) is -0.743. The van der Waals surface area contributed by atoms with E-state index in [1.165, 1.54) is 7.11 Å². The summed E-state index contributed by atoms with van der Waals surface area (Å²) in [5, 5.41) is 0. The lowest BCUT2D eigenvalue weighted by atomic mass is 10.0. The minimum atomic E-state index is -0.743. The van der Waals surface area contributed by atoms with Gasteiger partial charge in [0, 0.05) is 5.56 Å². The topological polar surface area (TPSA) is 47.9 Å². The first kappa shape index (κ1) is 13.4. The van der Waals surface area contributed by atoms with Gasteiger partial charge in [0.15, 0.2) is 0 Å². The van der Waals surface area contributed by atoms with E-state index in [0.717, 1.165) is 11.1 Å². The summed E-state index contributed by atoms with van der Waals surface area (Å²) in [6, 6.07) is 18.8. The molecule has 1 heterocycles.